The summed E-state index contributed by atoms with van der Waals surface area (Å²) >= 11 is 0. The van der Waals surface area contributed by atoms with Gasteiger partial charge in [-0.05, 0) is 35.4 Å². The average Bonchev–Trinajstić information content (AvgIpc) is 3.06. The molecule has 5 rings (SSSR count). The lowest BCUT2D eigenvalue weighted by atomic mass is 9.98. The summed E-state index contributed by atoms with van der Waals surface area (Å²) in [7, 11) is 0. The normalized spacial score (nSPS) is 15.3. The lowest BCUT2D eigenvalue weighted by Crippen LogP contribution is -2.29. The Kier molecular flexibility index (Phi) is 4.32. The summed E-state index contributed by atoms with van der Waals surface area (Å²) in [6, 6.07) is 15.4. The number of nitrogens with zero attached hydrogens (tertiary/aromatic N) is 3. The van der Waals surface area contributed by atoms with Crippen LogP contribution >= 0.6 is 0 Å². The second kappa shape index (κ2) is 7.17. The first-order chi connectivity index (χ1) is 15.0. The highest BCUT2D eigenvalue weighted by Gasteiger charge is 2.43. The SMILES string of the molecule is O=C1c2oc3ccccc3c(=O)c2C(c2cccc([N+](=O)[O-])c2)N1Cc1ccncc1. The second-order valence-electron chi connectivity index (χ2n) is 7.21. The minimum absolute atomic E-state index is 0.0331. The number of hydrogen-bond donors (Lipinski definition) is 0. The van der Waals surface area contributed by atoms with Gasteiger partial charge in [-0.25, -0.2) is 0 Å². The summed E-state index contributed by atoms with van der Waals surface area (Å²) in [6.45, 7) is 0.189. The summed E-state index contributed by atoms with van der Waals surface area (Å²) in [6.07, 6.45) is 3.23. The standard InChI is InChI=1S/C23H15N3O5/c27-21-17-6-1-2-7-18(17)31-22-19(21)20(15-4-3-5-16(12-15)26(29)30)25(23(22)28)13-14-8-10-24-11-9-14/h1-12,20H,13H2. The topological polar surface area (TPSA) is 107 Å². The predicted molar refractivity (Wildman–Crippen MR) is 112 cm³/mol. The smallest absolute Gasteiger partial charge is 0.291 e. The molecule has 8 heteroatoms. The molecule has 8 nitrogen and oxygen atoms in total. The zero-order chi connectivity index (χ0) is 21.5. The number of fused-ring (bicyclic) bond motifs is 2. The third kappa shape index (κ3) is 3.05. The fourth-order valence-electron chi connectivity index (χ4n) is 3.97. The van der Waals surface area contributed by atoms with Crippen LogP contribution in [0.3, 0.4) is 0 Å². The Morgan fingerprint density at radius 3 is 2.58 bits per heavy atom. The average molecular weight is 413 g/mol. The van der Waals surface area contributed by atoms with Gasteiger partial charge in [0.05, 0.1) is 21.9 Å². The van der Waals surface area contributed by atoms with Crippen molar-refractivity contribution in [2.24, 2.45) is 0 Å². The highest BCUT2D eigenvalue weighted by Crippen LogP contribution is 2.39. The van der Waals surface area contributed by atoms with Gasteiger partial charge in [0.2, 0.25) is 5.76 Å². The number of nitro benzene ring substituents is 1. The minimum atomic E-state index is -0.809. The lowest BCUT2D eigenvalue weighted by molar-refractivity contribution is -0.384. The van der Waals surface area contributed by atoms with Gasteiger partial charge in [0.1, 0.15) is 5.58 Å². The molecule has 3 heterocycles. The maximum Gasteiger partial charge on any atom is 0.291 e. The highest BCUT2D eigenvalue weighted by atomic mass is 16.6. The Morgan fingerprint density at radius 2 is 1.81 bits per heavy atom. The van der Waals surface area contributed by atoms with Crippen LogP contribution in [0, 0.1) is 10.1 Å². The van der Waals surface area contributed by atoms with E-state index in [1.165, 1.54) is 17.0 Å². The van der Waals surface area contributed by atoms with E-state index in [4.69, 9.17) is 4.42 Å². The summed E-state index contributed by atoms with van der Waals surface area (Å²) in [5.74, 6) is -0.472. The molecular weight excluding hydrogens is 398 g/mol. The van der Waals surface area contributed by atoms with Gasteiger partial charge < -0.3 is 9.32 Å². The van der Waals surface area contributed by atoms with Crippen molar-refractivity contribution in [3.8, 4) is 0 Å². The van der Waals surface area contributed by atoms with Crippen molar-refractivity contribution in [3.05, 3.63) is 116 Å². The summed E-state index contributed by atoms with van der Waals surface area (Å²) < 4.78 is 5.86. The van der Waals surface area contributed by atoms with Crippen LogP contribution in [0.4, 0.5) is 5.69 Å². The largest absolute Gasteiger partial charge is 0.450 e. The van der Waals surface area contributed by atoms with E-state index in [2.05, 4.69) is 4.98 Å². The number of rotatable bonds is 4. The van der Waals surface area contributed by atoms with Crippen LogP contribution in [0.2, 0.25) is 0 Å². The van der Waals surface area contributed by atoms with Crippen LogP contribution in [-0.2, 0) is 6.54 Å². The molecule has 1 atom stereocenters. The molecule has 152 valence electrons. The van der Waals surface area contributed by atoms with Crippen molar-refractivity contribution in [1.82, 2.24) is 9.88 Å². The molecule has 1 aliphatic heterocycles. The van der Waals surface area contributed by atoms with Gasteiger partial charge in [-0.2, -0.15) is 0 Å². The van der Waals surface area contributed by atoms with E-state index in [0.29, 0.717) is 16.5 Å². The Labute approximate surface area is 175 Å². The fraction of sp³-hybridized carbons (Fsp3) is 0.0870. The minimum Gasteiger partial charge on any atom is -0.450 e. The third-order valence-corrected chi connectivity index (χ3v) is 5.37. The molecule has 0 saturated carbocycles. The number of amides is 1. The van der Waals surface area contributed by atoms with Crippen molar-refractivity contribution < 1.29 is 14.1 Å². The van der Waals surface area contributed by atoms with Gasteiger partial charge in [-0.15, -0.1) is 0 Å². The molecule has 0 fully saturated rings. The van der Waals surface area contributed by atoms with E-state index in [1.807, 2.05) is 0 Å². The van der Waals surface area contributed by atoms with Gasteiger partial charge in [0.25, 0.3) is 11.6 Å². The van der Waals surface area contributed by atoms with Crippen molar-refractivity contribution in [2.45, 2.75) is 12.6 Å². The van der Waals surface area contributed by atoms with Crippen LogP contribution in [0.15, 0.2) is 82.3 Å². The van der Waals surface area contributed by atoms with Gasteiger partial charge >= 0.3 is 0 Å². The maximum atomic E-state index is 13.4. The van der Waals surface area contributed by atoms with E-state index >= 15 is 0 Å². The van der Waals surface area contributed by atoms with E-state index in [-0.39, 0.29) is 29.0 Å². The number of non-ortho nitro benzene ring substituents is 1. The number of aromatic nitrogens is 1. The van der Waals surface area contributed by atoms with Gasteiger partial charge in [-0.3, -0.25) is 24.7 Å². The van der Waals surface area contributed by atoms with E-state index < -0.39 is 16.9 Å². The van der Waals surface area contributed by atoms with Crippen LogP contribution in [-0.4, -0.2) is 20.7 Å². The van der Waals surface area contributed by atoms with Crippen molar-refractivity contribution in [1.29, 1.82) is 0 Å². The molecule has 31 heavy (non-hydrogen) atoms. The lowest BCUT2D eigenvalue weighted by Gasteiger charge is -2.25. The zero-order valence-corrected chi connectivity index (χ0v) is 16.1. The third-order valence-electron chi connectivity index (χ3n) is 5.37. The van der Waals surface area contributed by atoms with Crippen molar-refractivity contribution in [2.75, 3.05) is 0 Å². The maximum absolute atomic E-state index is 13.4. The number of carbonyl (C=O) groups excluding carboxylic acids is 1. The summed E-state index contributed by atoms with van der Waals surface area (Å²) in [4.78, 5) is 43.0. The van der Waals surface area contributed by atoms with Gasteiger partial charge in [-0.1, -0.05) is 24.3 Å². The highest BCUT2D eigenvalue weighted by molar-refractivity contribution is 5.99. The first-order valence-corrected chi connectivity index (χ1v) is 9.54. The van der Waals surface area contributed by atoms with E-state index in [0.717, 1.165) is 5.56 Å². The molecule has 0 radical (unpaired) electrons. The molecule has 0 N–H and O–H groups in total. The number of nitro groups is 1. The van der Waals surface area contributed by atoms with Crippen LogP contribution in [0.5, 0.6) is 0 Å². The number of hydrogen-bond acceptors (Lipinski definition) is 6. The molecule has 1 unspecified atom stereocenters. The molecule has 1 aliphatic rings. The Bertz CT molecular complexity index is 1400. The predicted octanol–water partition coefficient (Wildman–Crippen LogP) is 3.84. The van der Waals surface area contributed by atoms with Crippen molar-refractivity contribution in [3.63, 3.8) is 0 Å². The quantitative estimate of drug-likeness (QED) is 0.372. The van der Waals surface area contributed by atoms with E-state index in [1.54, 1.807) is 60.9 Å². The Hall–Kier alpha value is -4.33. The van der Waals surface area contributed by atoms with Gasteiger partial charge in [0, 0.05) is 31.1 Å². The second-order valence-corrected chi connectivity index (χ2v) is 7.21. The first kappa shape index (κ1) is 18.7. The van der Waals surface area contributed by atoms with Crippen molar-refractivity contribution >= 4 is 22.6 Å². The van der Waals surface area contributed by atoms with Gasteiger partial charge in [0.15, 0.2) is 5.43 Å². The molecule has 0 aliphatic carbocycles. The fourth-order valence-corrected chi connectivity index (χ4v) is 3.97. The van der Waals surface area contributed by atoms with Crippen LogP contribution < -0.4 is 5.43 Å². The Morgan fingerprint density at radius 1 is 1.03 bits per heavy atom. The molecular formula is C23H15N3O5. The zero-order valence-electron chi connectivity index (χ0n) is 16.1. The molecule has 0 bridgehead atoms. The summed E-state index contributed by atoms with van der Waals surface area (Å²) in [5.41, 5.74) is 1.36. The van der Waals surface area contributed by atoms with Crippen LogP contribution in [0.25, 0.3) is 11.0 Å². The summed E-state index contributed by atoms with van der Waals surface area (Å²) in [5, 5.41) is 11.7. The number of benzene rings is 2. The molecule has 0 spiro atoms. The Balaban J connectivity index is 1.74. The number of pyridine rings is 1. The molecule has 1 amide bonds. The number of para-hydroxylation sites is 1. The molecule has 4 aromatic rings. The van der Waals surface area contributed by atoms with E-state index in [9.17, 15) is 19.7 Å². The first-order valence-electron chi connectivity index (χ1n) is 9.54. The molecule has 2 aromatic carbocycles. The number of carbonyl (C=O) groups is 1. The molecule has 0 saturated heterocycles. The monoisotopic (exact) mass is 413 g/mol. The van der Waals surface area contributed by atoms with Crippen LogP contribution in [0.1, 0.15) is 33.3 Å². The molecule has 2 aromatic heterocycles.